The first kappa shape index (κ1) is 14.8. The van der Waals surface area contributed by atoms with Crippen molar-refractivity contribution in [3.05, 3.63) is 77.8 Å². The van der Waals surface area contributed by atoms with E-state index in [0.29, 0.717) is 5.82 Å². The molecule has 1 aromatic heterocycles. The minimum Gasteiger partial charge on any atom is -0.497 e. The van der Waals surface area contributed by atoms with Gasteiger partial charge in [-0.1, -0.05) is 30.3 Å². The lowest BCUT2D eigenvalue weighted by molar-refractivity contribution is 0.307. The molecule has 0 radical (unpaired) electrons. The van der Waals surface area contributed by atoms with Gasteiger partial charge in [0, 0.05) is 24.0 Å². The third-order valence-electron chi connectivity index (χ3n) is 3.44. The van der Waals surface area contributed by atoms with Crippen LogP contribution in [0.25, 0.3) is 5.70 Å². The molecule has 5 nitrogen and oxygen atoms in total. The SMILES string of the molecule is COC1=CC=CN(c2cc(C)nc(N)n2)C(c2ccccc2)=C1. The van der Waals surface area contributed by atoms with Crippen molar-refractivity contribution < 1.29 is 4.74 Å². The summed E-state index contributed by atoms with van der Waals surface area (Å²) in [5, 5.41) is 0. The van der Waals surface area contributed by atoms with Crippen LogP contribution in [0.2, 0.25) is 0 Å². The van der Waals surface area contributed by atoms with Gasteiger partial charge in [0.05, 0.1) is 12.8 Å². The molecule has 3 rings (SSSR count). The molecular formula is C18H18N4O. The number of rotatable bonds is 3. The molecule has 0 atom stereocenters. The summed E-state index contributed by atoms with van der Waals surface area (Å²) in [6.07, 6.45) is 7.73. The van der Waals surface area contributed by atoms with Crippen LogP contribution in [0.5, 0.6) is 0 Å². The van der Waals surface area contributed by atoms with E-state index in [-0.39, 0.29) is 5.95 Å². The highest BCUT2D eigenvalue weighted by atomic mass is 16.5. The van der Waals surface area contributed by atoms with E-state index in [1.54, 1.807) is 7.11 Å². The molecule has 0 unspecified atom stereocenters. The van der Waals surface area contributed by atoms with Crippen molar-refractivity contribution in [1.29, 1.82) is 0 Å². The molecule has 2 aromatic rings. The average Bonchev–Trinajstić information content (AvgIpc) is 2.77. The molecule has 0 bridgehead atoms. The molecule has 2 N–H and O–H groups in total. The lowest BCUT2D eigenvalue weighted by Crippen LogP contribution is -2.17. The van der Waals surface area contributed by atoms with Crippen molar-refractivity contribution in [3.63, 3.8) is 0 Å². The molecule has 0 amide bonds. The largest absolute Gasteiger partial charge is 0.497 e. The van der Waals surface area contributed by atoms with Crippen LogP contribution in [-0.2, 0) is 4.74 Å². The van der Waals surface area contributed by atoms with E-state index in [0.717, 1.165) is 22.7 Å². The Hall–Kier alpha value is -3.08. The summed E-state index contributed by atoms with van der Waals surface area (Å²) in [5.41, 5.74) is 8.63. The first-order valence-corrected chi connectivity index (χ1v) is 7.27. The smallest absolute Gasteiger partial charge is 0.222 e. The lowest BCUT2D eigenvalue weighted by atomic mass is 10.1. The molecule has 0 saturated heterocycles. The first-order chi connectivity index (χ1) is 11.2. The minimum absolute atomic E-state index is 0.255. The number of hydrogen-bond acceptors (Lipinski definition) is 5. The fourth-order valence-corrected chi connectivity index (χ4v) is 2.41. The van der Waals surface area contributed by atoms with Crippen LogP contribution in [0.4, 0.5) is 11.8 Å². The molecule has 5 heteroatoms. The van der Waals surface area contributed by atoms with Gasteiger partial charge in [0.2, 0.25) is 5.95 Å². The van der Waals surface area contributed by atoms with Crippen LogP contribution in [0.15, 0.2) is 66.6 Å². The van der Waals surface area contributed by atoms with Crippen LogP contribution in [0.3, 0.4) is 0 Å². The van der Waals surface area contributed by atoms with Gasteiger partial charge in [-0.05, 0) is 24.6 Å². The second-order valence-corrected chi connectivity index (χ2v) is 5.11. The monoisotopic (exact) mass is 306 g/mol. The Bertz CT molecular complexity index is 774. The maximum atomic E-state index is 5.81. The number of allylic oxidation sites excluding steroid dienone is 3. The molecular weight excluding hydrogens is 288 g/mol. The van der Waals surface area contributed by atoms with Gasteiger partial charge in [-0.15, -0.1) is 0 Å². The first-order valence-electron chi connectivity index (χ1n) is 7.27. The van der Waals surface area contributed by atoms with Crippen molar-refractivity contribution in [2.24, 2.45) is 0 Å². The van der Waals surface area contributed by atoms with Gasteiger partial charge >= 0.3 is 0 Å². The van der Waals surface area contributed by atoms with Gasteiger partial charge in [0.15, 0.2) is 0 Å². The van der Waals surface area contributed by atoms with Crippen LogP contribution < -0.4 is 10.6 Å². The highest BCUT2D eigenvalue weighted by Crippen LogP contribution is 2.29. The van der Waals surface area contributed by atoms with Crippen LogP contribution in [-0.4, -0.2) is 17.1 Å². The Morgan fingerprint density at radius 3 is 2.61 bits per heavy atom. The number of aryl methyl sites for hydroxylation is 1. The number of nitrogen functional groups attached to an aromatic ring is 1. The van der Waals surface area contributed by atoms with E-state index in [1.807, 2.05) is 72.6 Å². The predicted molar refractivity (Wildman–Crippen MR) is 92.3 cm³/mol. The second-order valence-electron chi connectivity index (χ2n) is 5.11. The third-order valence-corrected chi connectivity index (χ3v) is 3.44. The normalized spacial score (nSPS) is 14.1. The van der Waals surface area contributed by atoms with Crippen molar-refractivity contribution in [2.75, 3.05) is 17.7 Å². The maximum Gasteiger partial charge on any atom is 0.222 e. The maximum absolute atomic E-state index is 5.81. The van der Waals surface area contributed by atoms with Crippen molar-refractivity contribution in [3.8, 4) is 0 Å². The lowest BCUT2D eigenvalue weighted by Gasteiger charge is -2.23. The zero-order valence-electron chi connectivity index (χ0n) is 13.1. The molecule has 1 aliphatic heterocycles. The molecule has 2 heterocycles. The highest BCUT2D eigenvalue weighted by Gasteiger charge is 2.16. The summed E-state index contributed by atoms with van der Waals surface area (Å²) < 4.78 is 5.40. The van der Waals surface area contributed by atoms with Gasteiger partial charge in [-0.3, -0.25) is 0 Å². The molecule has 23 heavy (non-hydrogen) atoms. The number of anilines is 2. The van der Waals surface area contributed by atoms with Gasteiger partial charge < -0.3 is 15.4 Å². The minimum atomic E-state index is 0.255. The number of hydrogen-bond donors (Lipinski definition) is 1. The van der Waals surface area contributed by atoms with Gasteiger partial charge in [0.25, 0.3) is 0 Å². The van der Waals surface area contributed by atoms with Crippen molar-refractivity contribution in [1.82, 2.24) is 9.97 Å². The van der Waals surface area contributed by atoms with E-state index in [9.17, 15) is 0 Å². The molecule has 1 aliphatic rings. The van der Waals surface area contributed by atoms with Crippen molar-refractivity contribution in [2.45, 2.75) is 6.92 Å². The number of nitrogens with zero attached hydrogens (tertiary/aromatic N) is 3. The molecule has 0 aliphatic carbocycles. The average molecular weight is 306 g/mol. The highest BCUT2D eigenvalue weighted by molar-refractivity contribution is 5.82. The molecule has 0 fully saturated rings. The van der Waals surface area contributed by atoms with E-state index in [2.05, 4.69) is 9.97 Å². The van der Waals surface area contributed by atoms with E-state index in [4.69, 9.17) is 10.5 Å². The summed E-state index contributed by atoms with van der Waals surface area (Å²) in [7, 11) is 1.65. The van der Waals surface area contributed by atoms with Crippen LogP contribution in [0, 0.1) is 6.92 Å². The van der Waals surface area contributed by atoms with E-state index in [1.165, 1.54) is 0 Å². The molecule has 0 spiro atoms. The Balaban J connectivity index is 2.13. The second kappa shape index (κ2) is 6.36. The molecule has 0 saturated carbocycles. The fourth-order valence-electron chi connectivity index (χ4n) is 2.41. The fraction of sp³-hybridized carbons (Fsp3) is 0.111. The summed E-state index contributed by atoms with van der Waals surface area (Å²) in [4.78, 5) is 10.5. The Morgan fingerprint density at radius 1 is 1.13 bits per heavy atom. The quantitative estimate of drug-likeness (QED) is 0.943. The summed E-state index contributed by atoms with van der Waals surface area (Å²) >= 11 is 0. The van der Waals surface area contributed by atoms with E-state index < -0.39 is 0 Å². The standard InChI is InChI=1S/C18H18N4O/c1-13-11-17(21-18(19)20-13)22-10-6-9-15(23-2)12-16(22)14-7-4-3-5-8-14/h3-12H,1-2H3,(H2,19,20,21). The number of ether oxygens (including phenoxy) is 1. The number of benzene rings is 1. The molecule has 116 valence electrons. The van der Waals surface area contributed by atoms with E-state index >= 15 is 0 Å². The number of methoxy groups -OCH3 is 1. The summed E-state index contributed by atoms with van der Waals surface area (Å²) in [6.45, 7) is 1.90. The topological polar surface area (TPSA) is 64.3 Å². The zero-order chi connectivity index (χ0) is 16.2. The Kier molecular flexibility index (Phi) is 4.10. The predicted octanol–water partition coefficient (Wildman–Crippen LogP) is 3.27. The number of nitrogens with two attached hydrogens (primary N) is 1. The van der Waals surface area contributed by atoms with Gasteiger partial charge in [-0.2, -0.15) is 4.98 Å². The third kappa shape index (κ3) is 3.23. The Morgan fingerprint density at radius 2 is 1.91 bits per heavy atom. The Labute approximate surface area is 135 Å². The summed E-state index contributed by atoms with van der Waals surface area (Å²) in [6, 6.07) is 12.0. The van der Waals surface area contributed by atoms with Gasteiger partial charge in [0.1, 0.15) is 11.6 Å². The van der Waals surface area contributed by atoms with Crippen LogP contribution >= 0.6 is 0 Å². The summed E-state index contributed by atoms with van der Waals surface area (Å²) in [5.74, 6) is 1.73. The zero-order valence-corrected chi connectivity index (χ0v) is 13.1. The van der Waals surface area contributed by atoms with Crippen LogP contribution in [0.1, 0.15) is 11.3 Å². The molecule has 1 aromatic carbocycles. The van der Waals surface area contributed by atoms with Gasteiger partial charge in [-0.25, -0.2) is 4.98 Å². The van der Waals surface area contributed by atoms with Crippen molar-refractivity contribution >= 4 is 17.5 Å². The number of aromatic nitrogens is 2.